The summed E-state index contributed by atoms with van der Waals surface area (Å²) in [6, 6.07) is 14.9. The maximum absolute atomic E-state index is 11.6. The first-order valence-electron chi connectivity index (χ1n) is 6.20. The van der Waals surface area contributed by atoms with E-state index >= 15 is 0 Å². The van der Waals surface area contributed by atoms with Gasteiger partial charge >= 0.3 is 0 Å². The summed E-state index contributed by atoms with van der Waals surface area (Å²) in [4.78, 5) is 0.209. The topological polar surface area (TPSA) is 60.2 Å². The highest BCUT2D eigenvalue weighted by atomic mass is 32.2. The molecule has 0 radical (unpaired) electrons. The summed E-state index contributed by atoms with van der Waals surface area (Å²) in [5, 5.41) is 5.25. The highest BCUT2D eigenvalue weighted by molar-refractivity contribution is 7.89. The number of benzene rings is 2. The zero-order valence-corrected chi connectivity index (χ0v) is 11.7. The Morgan fingerprint density at radius 2 is 1.42 bits per heavy atom. The van der Waals surface area contributed by atoms with Crippen LogP contribution in [0.3, 0.4) is 0 Å². The summed E-state index contributed by atoms with van der Waals surface area (Å²) in [5.74, 6) is 0. The van der Waals surface area contributed by atoms with E-state index in [2.05, 4.69) is 13.0 Å². The molecule has 0 saturated heterocycles. The monoisotopic (exact) mass is 275 g/mol. The van der Waals surface area contributed by atoms with Crippen molar-refractivity contribution in [2.45, 2.75) is 24.7 Å². The fraction of sp³-hybridized carbons (Fsp3) is 0.200. The molecule has 0 aliphatic heterocycles. The van der Waals surface area contributed by atoms with Gasteiger partial charge in [-0.1, -0.05) is 49.4 Å². The molecule has 0 heterocycles. The lowest BCUT2D eigenvalue weighted by atomic mass is 9.98. The molecule has 0 bridgehead atoms. The van der Waals surface area contributed by atoms with Gasteiger partial charge in [-0.15, -0.1) is 0 Å². The minimum absolute atomic E-state index is 0.209. The second kappa shape index (κ2) is 5.55. The van der Waals surface area contributed by atoms with Crippen LogP contribution in [0.1, 0.15) is 23.6 Å². The molecule has 19 heavy (non-hydrogen) atoms. The predicted octanol–water partition coefficient (Wildman–Crippen LogP) is 2.49. The minimum Gasteiger partial charge on any atom is -0.225 e. The number of nitrogens with two attached hydrogens (primary N) is 1. The van der Waals surface area contributed by atoms with Crippen molar-refractivity contribution in [2.75, 3.05) is 0 Å². The fourth-order valence-electron chi connectivity index (χ4n) is 2.21. The Bertz CT molecular complexity index is 678. The summed E-state index contributed by atoms with van der Waals surface area (Å²) < 4.78 is 23.2. The van der Waals surface area contributed by atoms with E-state index < -0.39 is 10.0 Å². The summed E-state index contributed by atoms with van der Waals surface area (Å²) in [6.45, 7) is 2.09. The van der Waals surface area contributed by atoms with Gasteiger partial charge in [0.25, 0.3) is 0 Å². The molecule has 0 aliphatic carbocycles. The van der Waals surface area contributed by atoms with E-state index in [9.17, 15) is 8.42 Å². The Morgan fingerprint density at radius 3 is 2.00 bits per heavy atom. The maximum Gasteiger partial charge on any atom is 0.238 e. The second-order valence-corrected chi connectivity index (χ2v) is 5.98. The summed E-state index contributed by atoms with van der Waals surface area (Å²) >= 11 is 0. The van der Waals surface area contributed by atoms with Crippen molar-refractivity contribution in [3.05, 3.63) is 65.2 Å². The number of rotatable bonds is 4. The summed E-state index contributed by atoms with van der Waals surface area (Å²) in [6.07, 6.45) is 1.50. The first kappa shape index (κ1) is 13.8. The Hall–Kier alpha value is -1.65. The van der Waals surface area contributed by atoms with Gasteiger partial charge in [-0.25, -0.2) is 13.6 Å². The Labute approximate surface area is 114 Å². The van der Waals surface area contributed by atoms with Crippen molar-refractivity contribution < 1.29 is 8.42 Å². The third-order valence-electron chi connectivity index (χ3n) is 3.16. The second-order valence-electron chi connectivity index (χ2n) is 4.45. The average molecular weight is 275 g/mol. The number of sulfonamides is 1. The zero-order valence-electron chi connectivity index (χ0n) is 10.8. The molecule has 2 aromatic rings. The third-order valence-corrected chi connectivity index (χ3v) is 4.17. The van der Waals surface area contributed by atoms with Crippen molar-refractivity contribution in [3.63, 3.8) is 0 Å². The van der Waals surface area contributed by atoms with Gasteiger partial charge in [0.1, 0.15) is 0 Å². The molecule has 2 N–H and O–H groups in total. The normalized spacial score (nSPS) is 11.5. The standard InChI is InChI=1S/C15H17NO2S/c1-2-12-7-3-4-8-13(12)11-14-9-5-6-10-15(14)19(16,17)18/h3-10H,2,11H2,1H3,(H2,16,17,18). The number of primary sulfonamides is 1. The molecule has 0 aliphatic rings. The zero-order chi connectivity index (χ0) is 13.9. The molecule has 0 fully saturated rings. The van der Waals surface area contributed by atoms with E-state index in [-0.39, 0.29) is 4.90 Å². The van der Waals surface area contributed by atoms with Gasteiger partial charge < -0.3 is 0 Å². The maximum atomic E-state index is 11.6. The van der Waals surface area contributed by atoms with Crippen LogP contribution in [0, 0.1) is 0 Å². The lowest BCUT2D eigenvalue weighted by Crippen LogP contribution is -2.14. The van der Waals surface area contributed by atoms with Crippen molar-refractivity contribution in [1.29, 1.82) is 0 Å². The van der Waals surface area contributed by atoms with E-state index in [4.69, 9.17) is 5.14 Å². The molecule has 2 rings (SSSR count). The van der Waals surface area contributed by atoms with Gasteiger partial charge in [0, 0.05) is 0 Å². The molecule has 0 unspecified atom stereocenters. The van der Waals surface area contributed by atoms with Crippen LogP contribution in [0.2, 0.25) is 0 Å². The summed E-state index contributed by atoms with van der Waals surface area (Å²) in [7, 11) is -3.67. The Morgan fingerprint density at radius 1 is 0.895 bits per heavy atom. The van der Waals surface area contributed by atoms with Gasteiger partial charge in [-0.2, -0.15) is 0 Å². The Kier molecular flexibility index (Phi) is 4.02. The molecule has 3 nitrogen and oxygen atoms in total. The van der Waals surface area contributed by atoms with E-state index in [1.807, 2.05) is 30.3 Å². The van der Waals surface area contributed by atoms with Crippen LogP contribution in [-0.2, 0) is 22.9 Å². The van der Waals surface area contributed by atoms with E-state index in [0.29, 0.717) is 6.42 Å². The van der Waals surface area contributed by atoms with Crippen LogP contribution >= 0.6 is 0 Å². The molecule has 0 atom stereocenters. The van der Waals surface area contributed by atoms with Crippen molar-refractivity contribution >= 4 is 10.0 Å². The molecule has 4 heteroatoms. The van der Waals surface area contributed by atoms with Gasteiger partial charge in [0.2, 0.25) is 10.0 Å². The van der Waals surface area contributed by atoms with Gasteiger partial charge in [-0.3, -0.25) is 0 Å². The SMILES string of the molecule is CCc1ccccc1Cc1ccccc1S(N)(=O)=O. The van der Waals surface area contributed by atoms with Crippen LogP contribution in [0.15, 0.2) is 53.4 Å². The van der Waals surface area contributed by atoms with Crippen molar-refractivity contribution in [2.24, 2.45) is 5.14 Å². The first-order valence-corrected chi connectivity index (χ1v) is 7.74. The van der Waals surface area contributed by atoms with E-state index in [1.54, 1.807) is 12.1 Å². The molecule has 0 amide bonds. The fourth-order valence-corrected chi connectivity index (χ4v) is 2.98. The molecular weight excluding hydrogens is 258 g/mol. The molecule has 2 aromatic carbocycles. The minimum atomic E-state index is -3.67. The van der Waals surface area contributed by atoms with Crippen LogP contribution < -0.4 is 5.14 Å². The average Bonchev–Trinajstić information content (AvgIpc) is 2.39. The van der Waals surface area contributed by atoms with E-state index in [0.717, 1.165) is 17.5 Å². The molecule has 0 saturated carbocycles. The van der Waals surface area contributed by atoms with Gasteiger partial charge in [0.15, 0.2) is 0 Å². The van der Waals surface area contributed by atoms with Crippen LogP contribution in [-0.4, -0.2) is 8.42 Å². The largest absolute Gasteiger partial charge is 0.238 e. The summed E-state index contributed by atoms with van der Waals surface area (Å²) in [5.41, 5.74) is 3.11. The molecule has 0 aromatic heterocycles. The third kappa shape index (κ3) is 3.22. The van der Waals surface area contributed by atoms with Gasteiger partial charge in [0.05, 0.1) is 4.90 Å². The van der Waals surface area contributed by atoms with Crippen LogP contribution in [0.4, 0.5) is 0 Å². The van der Waals surface area contributed by atoms with E-state index in [1.165, 1.54) is 5.56 Å². The Balaban J connectivity index is 2.45. The molecule has 0 spiro atoms. The smallest absolute Gasteiger partial charge is 0.225 e. The van der Waals surface area contributed by atoms with Crippen LogP contribution in [0.5, 0.6) is 0 Å². The highest BCUT2D eigenvalue weighted by Crippen LogP contribution is 2.20. The number of hydrogen-bond acceptors (Lipinski definition) is 2. The number of aryl methyl sites for hydroxylation is 1. The number of hydrogen-bond donors (Lipinski definition) is 1. The molecular formula is C15H17NO2S. The highest BCUT2D eigenvalue weighted by Gasteiger charge is 2.13. The predicted molar refractivity (Wildman–Crippen MR) is 76.4 cm³/mol. The van der Waals surface area contributed by atoms with Crippen molar-refractivity contribution in [1.82, 2.24) is 0 Å². The van der Waals surface area contributed by atoms with Crippen LogP contribution in [0.25, 0.3) is 0 Å². The lowest BCUT2D eigenvalue weighted by molar-refractivity contribution is 0.597. The lowest BCUT2D eigenvalue weighted by Gasteiger charge is -2.10. The quantitative estimate of drug-likeness (QED) is 0.932. The molecule has 100 valence electrons. The first-order chi connectivity index (χ1) is 9.02. The van der Waals surface area contributed by atoms with Gasteiger partial charge in [-0.05, 0) is 35.6 Å². The van der Waals surface area contributed by atoms with Crippen molar-refractivity contribution in [3.8, 4) is 0 Å².